The SMILES string of the molecule is COc1cccc(CSc2nccn2Cc2ccccn2)c1. The molecule has 0 aliphatic carbocycles. The fourth-order valence-corrected chi connectivity index (χ4v) is 3.03. The van der Waals surface area contributed by atoms with Gasteiger partial charge in [-0.05, 0) is 29.8 Å². The van der Waals surface area contributed by atoms with Gasteiger partial charge in [-0.3, -0.25) is 4.98 Å². The summed E-state index contributed by atoms with van der Waals surface area (Å²) in [5, 5.41) is 0.994. The van der Waals surface area contributed by atoms with Crippen molar-refractivity contribution in [3.63, 3.8) is 0 Å². The molecule has 0 aliphatic rings. The van der Waals surface area contributed by atoms with Gasteiger partial charge in [0.25, 0.3) is 0 Å². The first-order valence-corrected chi connectivity index (χ1v) is 8.00. The first kappa shape index (κ1) is 14.7. The van der Waals surface area contributed by atoms with Crippen LogP contribution in [0, 0.1) is 0 Å². The third kappa shape index (κ3) is 3.68. The average molecular weight is 311 g/mol. The number of ether oxygens (including phenoxy) is 1. The molecule has 0 bridgehead atoms. The summed E-state index contributed by atoms with van der Waals surface area (Å²) >= 11 is 1.71. The van der Waals surface area contributed by atoms with E-state index in [1.165, 1.54) is 5.56 Å². The summed E-state index contributed by atoms with van der Waals surface area (Å²) in [7, 11) is 1.69. The minimum Gasteiger partial charge on any atom is -0.497 e. The second kappa shape index (κ2) is 7.13. The molecule has 0 radical (unpaired) electrons. The molecule has 0 saturated heterocycles. The van der Waals surface area contributed by atoms with Gasteiger partial charge in [0.2, 0.25) is 0 Å². The molecule has 0 N–H and O–H groups in total. The highest BCUT2D eigenvalue weighted by molar-refractivity contribution is 7.98. The Kier molecular flexibility index (Phi) is 4.75. The zero-order valence-corrected chi connectivity index (χ0v) is 13.2. The first-order valence-electron chi connectivity index (χ1n) is 7.02. The lowest BCUT2D eigenvalue weighted by Crippen LogP contribution is -2.02. The third-order valence-corrected chi connectivity index (χ3v) is 4.31. The molecule has 0 unspecified atom stereocenters. The number of nitrogens with zero attached hydrogens (tertiary/aromatic N) is 3. The summed E-state index contributed by atoms with van der Waals surface area (Å²) in [6, 6.07) is 14.1. The predicted octanol–water partition coefficient (Wildman–Crippen LogP) is 3.63. The summed E-state index contributed by atoms with van der Waals surface area (Å²) in [5.74, 6) is 1.74. The smallest absolute Gasteiger partial charge is 0.168 e. The maximum Gasteiger partial charge on any atom is 0.168 e. The topological polar surface area (TPSA) is 39.9 Å². The van der Waals surface area contributed by atoms with Crippen LogP contribution in [0.1, 0.15) is 11.3 Å². The van der Waals surface area contributed by atoms with E-state index in [1.807, 2.05) is 48.9 Å². The van der Waals surface area contributed by atoms with Gasteiger partial charge in [-0.1, -0.05) is 30.0 Å². The Morgan fingerprint density at radius 2 is 2.05 bits per heavy atom. The van der Waals surface area contributed by atoms with Crippen molar-refractivity contribution in [1.82, 2.24) is 14.5 Å². The van der Waals surface area contributed by atoms with E-state index >= 15 is 0 Å². The molecule has 0 aliphatic heterocycles. The third-order valence-electron chi connectivity index (χ3n) is 3.24. The Morgan fingerprint density at radius 1 is 1.09 bits per heavy atom. The van der Waals surface area contributed by atoms with E-state index in [1.54, 1.807) is 18.9 Å². The van der Waals surface area contributed by atoms with Crippen molar-refractivity contribution in [2.24, 2.45) is 0 Å². The zero-order valence-electron chi connectivity index (χ0n) is 12.3. The number of benzene rings is 1. The van der Waals surface area contributed by atoms with Gasteiger partial charge in [-0.15, -0.1) is 0 Å². The number of hydrogen-bond donors (Lipinski definition) is 0. The van der Waals surface area contributed by atoms with Crippen molar-refractivity contribution in [2.45, 2.75) is 17.5 Å². The molecule has 0 saturated carbocycles. The minimum absolute atomic E-state index is 0.737. The maximum absolute atomic E-state index is 5.26. The van der Waals surface area contributed by atoms with E-state index in [4.69, 9.17) is 4.74 Å². The lowest BCUT2D eigenvalue weighted by atomic mass is 10.2. The van der Waals surface area contributed by atoms with Gasteiger partial charge in [0, 0.05) is 24.3 Å². The van der Waals surface area contributed by atoms with Crippen molar-refractivity contribution < 1.29 is 4.74 Å². The van der Waals surface area contributed by atoms with Crippen LogP contribution in [0.2, 0.25) is 0 Å². The van der Waals surface area contributed by atoms with Gasteiger partial charge < -0.3 is 9.30 Å². The molecule has 3 rings (SSSR count). The summed E-state index contributed by atoms with van der Waals surface area (Å²) < 4.78 is 7.37. The largest absolute Gasteiger partial charge is 0.497 e. The number of aromatic nitrogens is 3. The molecule has 22 heavy (non-hydrogen) atoms. The van der Waals surface area contributed by atoms with Crippen molar-refractivity contribution in [1.29, 1.82) is 0 Å². The van der Waals surface area contributed by atoms with Crippen LogP contribution in [0.3, 0.4) is 0 Å². The Balaban J connectivity index is 1.67. The fourth-order valence-electron chi connectivity index (χ4n) is 2.13. The van der Waals surface area contributed by atoms with E-state index in [9.17, 15) is 0 Å². The Labute approximate surface area is 134 Å². The van der Waals surface area contributed by atoms with Gasteiger partial charge >= 0.3 is 0 Å². The van der Waals surface area contributed by atoms with E-state index in [2.05, 4.69) is 26.7 Å². The van der Waals surface area contributed by atoms with Crippen LogP contribution in [-0.2, 0) is 12.3 Å². The van der Waals surface area contributed by atoms with Crippen LogP contribution in [0.25, 0.3) is 0 Å². The highest BCUT2D eigenvalue weighted by atomic mass is 32.2. The molecule has 112 valence electrons. The Hall–Kier alpha value is -2.27. The minimum atomic E-state index is 0.737. The Bertz CT molecular complexity index is 728. The second-order valence-corrected chi connectivity index (χ2v) is 5.74. The number of methoxy groups -OCH3 is 1. The Morgan fingerprint density at radius 3 is 2.86 bits per heavy atom. The van der Waals surface area contributed by atoms with Crippen LogP contribution >= 0.6 is 11.8 Å². The van der Waals surface area contributed by atoms with E-state index < -0.39 is 0 Å². The summed E-state index contributed by atoms with van der Waals surface area (Å²) in [6.45, 7) is 0.737. The number of hydrogen-bond acceptors (Lipinski definition) is 4. The summed E-state index contributed by atoms with van der Waals surface area (Å²) in [5.41, 5.74) is 2.25. The molecule has 0 amide bonds. The lowest BCUT2D eigenvalue weighted by molar-refractivity contribution is 0.414. The van der Waals surface area contributed by atoms with Gasteiger partial charge in [0.05, 0.1) is 19.3 Å². The van der Waals surface area contributed by atoms with E-state index in [0.29, 0.717) is 0 Å². The first-order chi connectivity index (χ1) is 10.8. The number of thioether (sulfide) groups is 1. The van der Waals surface area contributed by atoms with Crippen LogP contribution in [0.15, 0.2) is 66.2 Å². The monoisotopic (exact) mass is 311 g/mol. The molecule has 0 atom stereocenters. The van der Waals surface area contributed by atoms with Gasteiger partial charge in [0.15, 0.2) is 5.16 Å². The van der Waals surface area contributed by atoms with Crippen molar-refractivity contribution in [3.05, 3.63) is 72.3 Å². The molecule has 5 heteroatoms. The van der Waals surface area contributed by atoms with Crippen molar-refractivity contribution in [2.75, 3.05) is 7.11 Å². The van der Waals surface area contributed by atoms with E-state index in [0.717, 1.165) is 28.9 Å². The second-order valence-electron chi connectivity index (χ2n) is 4.80. The molecule has 3 aromatic rings. The fraction of sp³-hybridized carbons (Fsp3) is 0.176. The molecule has 1 aromatic carbocycles. The van der Waals surface area contributed by atoms with Gasteiger partial charge in [-0.2, -0.15) is 0 Å². The summed E-state index contributed by atoms with van der Waals surface area (Å²) in [4.78, 5) is 8.80. The molecule has 4 nitrogen and oxygen atoms in total. The quantitative estimate of drug-likeness (QED) is 0.652. The summed E-state index contributed by atoms with van der Waals surface area (Å²) in [6.07, 6.45) is 5.63. The molecule has 0 spiro atoms. The molecule has 0 fully saturated rings. The maximum atomic E-state index is 5.26. The number of pyridine rings is 1. The predicted molar refractivity (Wildman–Crippen MR) is 88.1 cm³/mol. The van der Waals surface area contributed by atoms with Crippen LogP contribution in [-0.4, -0.2) is 21.6 Å². The lowest BCUT2D eigenvalue weighted by Gasteiger charge is -2.07. The van der Waals surface area contributed by atoms with Crippen LogP contribution in [0.4, 0.5) is 0 Å². The molecule has 2 aromatic heterocycles. The average Bonchev–Trinajstić information content (AvgIpc) is 3.01. The highest BCUT2D eigenvalue weighted by Gasteiger charge is 2.06. The van der Waals surface area contributed by atoms with Crippen LogP contribution < -0.4 is 4.74 Å². The highest BCUT2D eigenvalue weighted by Crippen LogP contribution is 2.23. The van der Waals surface area contributed by atoms with Crippen molar-refractivity contribution >= 4 is 11.8 Å². The molecular weight excluding hydrogens is 294 g/mol. The molecular formula is C17H17N3OS. The zero-order chi connectivity index (χ0) is 15.2. The number of imidazole rings is 1. The number of rotatable bonds is 6. The standard InChI is InChI=1S/C17H17N3OS/c1-21-16-7-4-5-14(11-16)13-22-17-19-9-10-20(17)12-15-6-2-3-8-18-15/h2-11H,12-13H2,1H3. The van der Waals surface area contributed by atoms with Crippen molar-refractivity contribution in [3.8, 4) is 5.75 Å². The van der Waals surface area contributed by atoms with Gasteiger partial charge in [0.1, 0.15) is 5.75 Å². The van der Waals surface area contributed by atoms with Crippen LogP contribution in [0.5, 0.6) is 5.75 Å². The van der Waals surface area contributed by atoms with Gasteiger partial charge in [-0.25, -0.2) is 4.98 Å². The molecule has 2 heterocycles. The normalized spacial score (nSPS) is 10.6. The van der Waals surface area contributed by atoms with E-state index in [-0.39, 0.29) is 0 Å².